The van der Waals surface area contributed by atoms with Crippen molar-refractivity contribution in [3.8, 4) is 0 Å². The summed E-state index contributed by atoms with van der Waals surface area (Å²) in [6.07, 6.45) is 8.11. The van der Waals surface area contributed by atoms with Gasteiger partial charge in [0.25, 0.3) is 0 Å². The molecule has 1 aliphatic rings. The molecule has 2 heteroatoms. The van der Waals surface area contributed by atoms with Gasteiger partial charge in [-0.05, 0) is 12.8 Å². The smallest absolute Gasteiger partial charge is 0.161 e. The van der Waals surface area contributed by atoms with E-state index in [4.69, 9.17) is 0 Å². The number of hydrogen-bond acceptors (Lipinski definition) is 2. The maximum Gasteiger partial charge on any atom is 0.161 e. The van der Waals surface area contributed by atoms with Crippen LogP contribution in [0.2, 0.25) is 0 Å². The Morgan fingerprint density at radius 1 is 1.07 bits per heavy atom. The maximum atomic E-state index is 11.7. The number of aliphatic hydroxyl groups is 1. The molecule has 2 atom stereocenters. The third-order valence-corrected chi connectivity index (χ3v) is 3.31. The first-order chi connectivity index (χ1) is 7.11. The zero-order valence-electron chi connectivity index (χ0n) is 9.83. The molecule has 0 bridgehead atoms. The fourth-order valence-electron chi connectivity index (χ4n) is 1.98. The molecule has 0 saturated heterocycles. The van der Waals surface area contributed by atoms with Crippen LogP contribution in [0.5, 0.6) is 0 Å². The van der Waals surface area contributed by atoms with Crippen LogP contribution in [-0.4, -0.2) is 10.9 Å². The second kappa shape index (κ2) is 5.94. The molecular weight excluding hydrogens is 188 g/mol. The summed E-state index contributed by atoms with van der Waals surface area (Å²) in [5.74, 6) is 0.562. The van der Waals surface area contributed by atoms with E-state index in [-0.39, 0.29) is 23.4 Å². The molecule has 1 aliphatic carbocycles. The number of ketones is 1. The van der Waals surface area contributed by atoms with Crippen molar-refractivity contribution in [1.29, 1.82) is 0 Å². The Balaban J connectivity index is 2.68. The minimum Gasteiger partial charge on any atom is -0.512 e. The highest BCUT2D eigenvalue weighted by molar-refractivity contribution is 5.91. The molecule has 0 amide bonds. The van der Waals surface area contributed by atoms with Gasteiger partial charge in [0.15, 0.2) is 5.78 Å². The van der Waals surface area contributed by atoms with E-state index in [0.29, 0.717) is 0 Å². The van der Waals surface area contributed by atoms with Crippen LogP contribution in [-0.2, 0) is 4.79 Å². The molecule has 86 valence electrons. The molecule has 0 saturated carbocycles. The lowest BCUT2D eigenvalue weighted by molar-refractivity contribution is -0.118. The third kappa shape index (κ3) is 4.06. The summed E-state index contributed by atoms with van der Waals surface area (Å²) in [4.78, 5) is 11.7. The van der Waals surface area contributed by atoms with Crippen molar-refractivity contribution in [1.82, 2.24) is 0 Å². The van der Waals surface area contributed by atoms with Gasteiger partial charge in [0.2, 0.25) is 0 Å². The van der Waals surface area contributed by atoms with Gasteiger partial charge in [0, 0.05) is 17.9 Å². The average molecular weight is 210 g/mol. The Labute approximate surface area is 92.4 Å². The Morgan fingerprint density at radius 2 is 1.60 bits per heavy atom. The van der Waals surface area contributed by atoms with E-state index in [1.165, 1.54) is 18.9 Å². The summed E-state index contributed by atoms with van der Waals surface area (Å²) in [7, 11) is 0. The van der Waals surface area contributed by atoms with E-state index in [2.05, 4.69) is 0 Å². The van der Waals surface area contributed by atoms with Gasteiger partial charge in [-0.2, -0.15) is 0 Å². The number of allylic oxidation sites excluding steroid dienone is 2. The zero-order chi connectivity index (χ0) is 11.3. The molecule has 2 nitrogen and oxygen atoms in total. The lowest BCUT2D eigenvalue weighted by Gasteiger charge is -2.10. The summed E-state index contributed by atoms with van der Waals surface area (Å²) in [6.45, 7) is 3.94. The van der Waals surface area contributed by atoms with Crippen LogP contribution in [0, 0.1) is 11.8 Å². The molecule has 0 spiro atoms. The zero-order valence-corrected chi connectivity index (χ0v) is 9.83. The van der Waals surface area contributed by atoms with E-state index in [9.17, 15) is 9.90 Å². The fourth-order valence-corrected chi connectivity index (χ4v) is 1.98. The lowest BCUT2D eigenvalue weighted by atomic mass is 9.98. The number of aliphatic hydroxyl groups excluding tert-OH is 1. The van der Waals surface area contributed by atoms with Crippen molar-refractivity contribution < 1.29 is 9.90 Å². The molecule has 0 heterocycles. The molecule has 0 aromatic heterocycles. The predicted molar refractivity (Wildman–Crippen MR) is 61.7 cm³/mol. The Bertz CT molecular complexity index is 243. The standard InChI is InChI=1S/C13H22O2/c1-10-7-5-3-4-6-8-11(2)13(15)9-12(10)14/h9-11,14H,3-8H2,1-2H3/b12-9-. The highest BCUT2D eigenvalue weighted by Gasteiger charge is 2.15. The molecule has 0 aromatic carbocycles. The Morgan fingerprint density at radius 3 is 2.20 bits per heavy atom. The van der Waals surface area contributed by atoms with Crippen LogP contribution in [0.3, 0.4) is 0 Å². The predicted octanol–water partition coefficient (Wildman–Crippen LogP) is 3.62. The van der Waals surface area contributed by atoms with Crippen LogP contribution < -0.4 is 0 Å². The molecule has 0 radical (unpaired) electrons. The van der Waals surface area contributed by atoms with Gasteiger partial charge in [-0.3, -0.25) is 4.79 Å². The largest absolute Gasteiger partial charge is 0.512 e. The van der Waals surface area contributed by atoms with Gasteiger partial charge < -0.3 is 5.11 Å². The number of carbonyl (C=O) groups excluding carboxylic acids is 1. The summed E-state index contributed by atoms with van der Waals surface area (Å²) in [5.41, 5.74) is 0. The fraction of sp³-hybridized carbons (Fsp3) is 0.769. The second-order valence-electron chi connectivity index (χ2n) is 4.77. The highest BCUT2D eigenvalue weighted by Crippen LogP contribution is 2.21. The summed E-state index contributed by atoms with van der Waals surface area (Å²) < 4.78 is 0. The topological polar surface area (TPSA) is 37.3 Å². The first-order valence-corrected chi connectivity index (χ1v) is 6.05. The lowest BCUT2D eigenvalue weighted by Crippen LogP contribution is -2.10. The third-order valence-electron chi connectivity index (χ3n) is 3.31. The maximum absolute atomic E-state index is 11.7. The van der Waals surface area contributed by atoms with Crippen LogP contribution >= 0.6 is 0 Å². The molecule has 1 N–H and O–H groups in total. The van der Waals surface area contributed by atoms with Gasteiger partial charge in [0.05, 0.1) is 5.76 Å². The molecule has 0 fully saturated rings. The van der Waals surface area contributed by atoms with E-state index in [0.717, 1.165) is 25.7 Å². The summed E-state index contributed by atoms with van der Waals surface area (Å²) in [6, 6.07) is 0. The normalized spacial score (nSPS) is 34.0. The van der Waals surface area contributed by atoms with Crippen molar-refractivity contribution >= 4 is 5.78 Å². The number of carbonyl (C=O) groups is 1. The van der Waals surface area contributed by atoms with Gasteiger partial charge >= 0.3 is 0 Å². The van der Waals surface area contributed by atoms with E-state index < -0.39 is 0 Å². The van der Waals surface area contributed by atoms with Crippen molar-refractivity contribution in [2.45, 2.75) is 52.4 Å². The second-order valence-corrected chi connectivity index (χ2v) is 4.77. The number of rotatable bonds is 0. The van der Waals surface area contributed by atoms with Crippen LogP contribution in [0.1, 0.15) is 52.4 Å². The molecule has 1 rings (SSSR count). The van der Waals surface area contributed by atoms with Crippen molar-refractivity contribution in [2.75, 3.05) is 0 Å². The first kappa shape index (κ1) is 12.3. The van der Waals surface area contributed by atoms with Gasteiger partial charge in [-0.25, -0.2) is 0 Å². The Hall–Kier alpha value is -0.790. The quantitative estimate of drug-likeness (QED) is 0.663. The molecule has 15 heavy (non-hydrogen) atoms. The Kier molecular flexibility index (Phi) is 4.86. The van der Waals surface area contributed by atoms with Crippen LogP contribution in [0.25, 0.3) is 0 Å². The summed E-state index contributed by atoms with van der Waals surface area (Å²) in [5, 5.41) is 9.72. The molecule has 2 unspecified atom stereocenters. The molecule has 0 aliphatic heterocycles. The minimum atomic E-state index is 0.0671. The van der Waals surface area contributed by atoms with Gasteiger partial charge in [0.1, 0.15) is 0 Å². The van der Waals surface area contributed by atoms with Crippen LogP contribution in [0.15, 0.2) is 11.8 Å². The minimum absolute atomic E-state index is 0.0671. The monoisotopic (exact) mass is 210 g/mol. The first-order valence-electron chi connectivity index (χ1n) is 6.05. The summed E-state index contributed by atoms with van der Waals surface area (Å²) >= 11 is 0. The van der Waals surface area contributed by atoms with E-state index >= 15 is 0 Å². The van der Waals surface area contributed by atoms with Crippen molar-refractivity contribution in [3.05, 3.63) is 11.8 Å². The highest BCUT2D eigenvalue weighted by atomic mass is 16.3. The van der Waals surface area contributed by atoms with Gasteiger partial charge in [-0.15, -0.1) is 0 Å². The molecular formula is C13H22O2. The average Bonchev–Trinajstić information content (AvgIpc) is 2.22. The van der Waals surface area contributed by atoms with E-state index in [1.54, 1.807) is 0 Å². The SMILES string of the molecule is CC1CCCCCCC(C)/C(O)=C/C1=O. The van der Waals surface area contributed by atoms with Gasteiger partial charge in [-0.1, -0.05) is 39.5 Å². The van der Waals surface area contributed by atoms with E-state index in [1.807, 2.05) is 13.8 Å². The molecule has 0 aromatic rings. The number of hydrogen-bond donors (Lipinski definition) is 1. The van der Waals surface area contributed by atoms with Crippen LogP contribution in [0.4, 0.5) is 0 Å². The van der Waals surface area contributed by atoms with Crippen molar-refractivity contribution in [2.24, 2.45) is 11.8 Å². The van der Waals surface area contributed by atoms with Crippen molar-refractivity contribution in [3.63, 3.8) is 0 Å².